The maximum Gasteiger partial charge on any atom is 0.253 e. The van der Waals surface area contributed by atoms with E-state index in [1.165, 1.54) is 17.1 Å². The number of hydrogen-bond acceptors (Lipinski definition) is 2. The Labute approximate surface area is 65.0 Å². The maximum absolute atomic E-state index is 10.9. The highest BCUT2D eigenvalue weighted by Crippen LogP contribution is 2.02. The first-order chi connectivity index (χ1) is 5.25. The number of carbonyl (C=O) groups excluding carboxylic acids is 2. The number of allylic oxidation sites excluding steroid dienone is 1. The normalized spacial score (nSPS) is 17.4. The van der Waals surface area contributed by atoms with Crippen LogP contribution in [-0.2, 0) is 9.59 Å². The molecular formula is C8H9NO2. The van der Waals surface area contributed by atoms with Crippen LogP contribution in [0.4, 0.5) is 0 Å². The third kappa shape index (κ3) is 1.55. The summed E-state index contributed by atoms with van der Waals surface area (Å²) in [5.41, 5.74) is 0. The number of amides is 2. The second-order valence-electron chi connectivity index (χ2n) is 2.19. The lowest BCUT2D eigenvalue weighted by atomic mass is 10.4. The molecule has 2 amide bonds. The lowest BCUT2D eigenvalue weighted by molar-refractivity contribution is -0.136. The summed E-state index contributed by atoms with van der Waals surface area (Å²) in [6.07, 6.45) is 6.14. The summed E-state index contributed by atoms with van der Waals surface area (Å²) in [5, 5.41) is 0. The summed E-state index contributed by atoms with van der Waals surface area (Å²) < 4.78 is 0. The SMILES string of the molecule is C/C=C\CN1C(=O)C=CC1=O. The monoisotopic (exact) mass is 151 g/mol. The van der Waals surface area contributed by atoms with Crippen LogP contribution >= 0.6 is 0 Å². The number of rotatable bonds is 2. The first kappa shape index (κ1) is 7.72. The third-order valence-electron chi connectivity index (χ3n) is 1.42. The number of imide groups is 1. The molecule has 0 bridgehead atoms. The van der Waals surface area contributed by atoms with E-state index >= 15 is 0 Å². The van der Waals surface area contributed by atoms with Gasteiger partial charge in [0.1, 0.15) is 0 Å². The molecule has 0 unspecified atom stereocenters. The van der Waals surface area contributed by atoms with Gasteiger partial charge in [-0.25, -0.2) is 0 Å². The van der Waals surface area contributed by atoms with E-state index in [1.807, 2.05) is 6.92 Å². The first-order valence-electron chi connectivity index (χ1n) is 3.40. The van der Waals surface area contributed by atoms with Gasteiger partial charge in [0, 0.05) is 18.7 Å². The molecule has 0 N–H and O–H groups in total. The van der Waals surface area contributed by atoms with E-state index < -0.39 is 0 Å². The average molecular weight is 151 g/mol. The van der Waals surface area contributed by atoms with Gasteiger partial charge in [0.2, 0.25) is 0 Å². The molecule has 3 heteroatoms. The molecule has 3 nitrogen and oxygen atoms in total. The summed E-state index contributed by atoms with van der Waals surface area (Å²) in [6, 6.07) is 0. The molecule has 0 saturated carbocycles. The van der Waals surface area contributed by atoms with Crippen LogP contribution in [0.3, 0.4) is 0 Å². The Balaban J connectivity index is 2.59. The second-order valence-corrected chi connectivity index (χ2v) is 2.19. The Morgan fingerprint density at radius 3 is 2.36 bits per heavy atom. The van der Waals surface area contributed by atoms with E-state index in [-0.39, 0.29) is 11.8 Å². The van der Waals surface area contributed by atoms with E-state index in [4.69, 9.17) is 0 Å². The zero-order chi connectivity index (χ0) is 8.27. The van der Waals surface area contributed by atoms with Crippen molar-refractivity contribution < 1.29 is 9.59 Å². The summed E-state index contributed by atoms with van der Waals surface area (Å²) >= 11 is 0. The van der Waals surface area contributed by atoms with Gasteiger partial charge in [0.15, 0.2) is 0 Å². The minimum Gasteiger partial charge on any atom is -0.272 e. The predicted molar refractivity (Wildman–Crippen MR) is 40.7 cm³/mol. The molecule has 0 aromatic carbocycles. The Morgan fingerprint density at radius 1 is 1.36 bits per heavy atom. The molecule has 0 fully saturated rings. The lowest BCUT2D eigenvalue weighted by Crippen LogP contribution is -2.29. The second kappa shape index (κ2) is 3.14. The summed E-state index contributed by atoms with van der Waals surface area (Å²) in [4.78, 5) is 22.9. The fourth-order valence-corrected chi connectivity index (χ4v) is 0.822. The topological polar surface area (TPSA) is 37.4 Å². The van der Waals surface area contributed by atoms with E-state index in [1.54, 1.807) is 12.2 Å². The van der Waals surface area contributed by atoms with Crippen molar-refractivity contribution >= 4 is 11.8 Å². The van der Waals surface area contributed by atoms with Crippen LogP contribution in [0.1, 0.15) is 6.92 Å². The van der Waals surface area contributed by atoms with Crippen LogP contribution < -0.4 is 0 Å². The maximum atomic E-state index is 10.9. The summed E-state index contributed by atoms with van der Waals surface area (Å²) in [6.45, 7) is 2.22. The zero-order valence-electron chi connectivity index (χ0n) is 6.28. The van der Waals surface area contributed by atoms with Gasteiger partial charge in [-0.15, -0.1) is 0 Å². The Kier molecular flexibility index (Phi) is 2.21. The fourth-order valence-electron chi connectivity index (χ4n) is 0.822. The van der Waals surface area contributed by atoms with Crippen molar-refractivity contribution in [2.75, 3.05) is 6.54 Å². The molecule has 11 heavy (non-hydrogen) atoms. The molecule has 0 spiro atoms. The van der Waals surface area contributed by atoms with Gasteiger partial charge in [-0.3, -0.25) is 14.5 Å². The van der Waals surface area contributed by atoms with Gasteiger partial charge in [-0.1, -0.05) is 12.2 Å². The van der Waals surface area contributed by atoms with Crippen molar-refractivity contribution in [3.05, 3.63) is 24.3 Å². The van der Waals surface area contributed by atoms with Crippen molar-refractivity contribution in [3.63, 3.8) is 0 Å². The first-order valence-corrected chi connectivity index (χ1v) is 3.40. The Bertz CT molecular complexity index is 222. The molecule has 0 radical (unpaired) electrons. The minimum atomic E-state index is -0.229. The molecule has 1 aliphatic rings. The standard InChI is InChI=1S/C8H9NO2/c1-2-3-6-9-7(10)4-5-8(9)11/h2-5H,6H2,1H3/b3-2-. The van der Waals surface area contributed by atoms with Crippen molar-refractivity contribution in [2.45, 2.75) is 6.92 Å². The molecular weight excluding hydrogens is 142 g/mol. The zero-order valence-corrected chi connectivity index (χ0v) is 6.28. The molecule has 0 atom stereocenters. The average Bonchev–Trinajstić information content (AvgIpc) is 2.29. The molecule has 1 heterocycles. The molecule has 1 aliphatic heterocycles. The van der Waals surface area contributed by atoms with Gasteiger partial charge in [0.05, 0.1) is 0 Å². The molecule has 0 aromatic rings. The van der Waals surface area contributed by atoms with Crippen molar-refractivity contribution in [3.8, 4) is 0 Å². The lowest BCUT2D eigenvalue weighted by Gasteiger charge is -2.09. The Hall–Kier alpha value is -1.38. The van der Waals surface area contributed by atoms with Crippen LogP contribution in [0.25, 0.3) is 0 Å². The van der Waals surface area contributed by atoms with Crippen LogP contribution in [0.15, 0.2) is 24.3 Å². The smallest absolute Gasteiger partial charge is 0.253 e. The van der Waals surface area contributed by atoms with E-state index in [9.17, 15) is 9.59 Å². The van der Waals surface area contributed by atoms with Gasteiger partial charge in [-0.2, -0.15) is 0 Å². The fraction of sp³-hybridized carbons (Fsp3) is 0.250. The molecule has 0 aliphatic carbocycles. The van der Waals surface area contributed by atoms with Crippen LogP contribution in [0, 0.1) is 0 Å². The third-order valence-corrected chi connectivity index (χ3v) is 1.42. The van der Waals surface area contributed by atoms with Crippen molar-refractivity contribution in [1.29, 1.82) is 0 Å². The van der Waals surface area contributed by atoms with Crippen molar-refractivity contribution in [1.82, 2.24) is 4.90 Å². The van der Waals surface area contributed by atoms with Crippen molar-refractivity contribution in [2.24, 2.45) is 0 Å². The molecule has 58 valence electrons. The number of carbonyl (C=O) groups is 2. The number of hydrogen-bond donors (Lipinski definition) is 0. The highest BCUT2D eigenvalue weighted by atomic mass is 16.2. The molecule has 1 rings (SSSR count). The van der Waals surface area contributed by atoms with Gasteiger partial charge in [-0.05, 0) is 6.92 Å². The highest BCUT2D eigenvalue weighted by molar-refractivity contribution is 6.12. The minimum absolute atomic E-state index is 0.229. The predicted octanol–water partition coefficient (Wildman–Crippen LogP) is 0.488. The van der Waals surface area contributed by atoms with Gasteiger partial charge in [0.25, 0.3) is 11.8 Å². The van der Waals surface area contributed by atoms with Gasteiger partial charge >= 0.3 is 0 Å². The molecule has 0 saturated heterocycles. The highest BCUT2D eigenvalue weighted by Gasteiger charge is 2.21. The van der Waals surface area contributed by atoms with E-state index in [0.717, 1.165) is 0 Å². The largest absolute Gasteiger partial charge is 0.272 e. The summed E-state index contributed by atoms with van der Waals surface area (Å²) in [5.74, 6) is -0.457. The van der Waals surface area contributed by atoms with E-state index in [2.05, 4.69) is 0 Å². The molecule has 0 aromatic heterocycles. The Morgan fingerprint density at radius 2 is 1.91 bits per heavy atom. The van der Waals surface area contributed by atoms with Crippen LogP contribution in [-0.4, -0.2) is 23.3 Å². The quantitative estimate of drug-likeness (QED) is 0.425. The summed E-state index contributed by atoms with van der Waals surface area (Å²) in [7, 11) is 0. The number of nitrogens with zero attached hydrogens (tertiary/aromatic N) is 1. The van der Waals surface area contributed by atoms with Crippen LogP contribution in [0.2, 0.25) is 0 Å². The van der Waals surface area contributed by atoms with E-state index in [0.29, 0.717) is 6.54 Å². The van der Waals surface area contributed by atoms with Crippen LogP contribution in [0.5, 0.6) is 0 Å². The van der Waals surface area contributed by atoms with Gasteiger partial charge < -0.3 is 0 Å².